The highest BCUT2D eigenvalue weighted by molar-refractivity contribution is 6.01. The van der Waals surface area contributed by atoms with Gasteiger partial charge >= 0.3 is 6.03 Å². The van der Waals surface area contributed by atoms with Crippen molar-refractivity contribution < 1.29 is 9.59 Å². The number of nitrogens with one attached hydrogen (secondary N) is 1. The minimum absolute atomic E-state index is 0.0136. The van der Waals surface area contributed by atoms with Crippen LogP contribution in [0.1, 0.15) is 41.3 Å². The summed E-state index contributed by atoms with van der Waals surface area (Å²) in [5, 5.41) is 3.03. The molecule has 1 unspecified atom stereocenters. The maximum absolute atomic E-state index is 14.2. The van der Waals surface area contributed by atoms with Crippen LogP contribution in [0.4, 0.5) is 16.2 Å². The van der Waals surface area contributed by atoms with Gasteiger partial charge in [-0.05, 0) is 68.1 Å². The van der Waals surface area contributed by atoms with E-state index in [2.05, 4.69) is 41.1 Å². The number of urea groups is 1. The van der Waals surface area contributed by atoms with Crippen LogP contribution >= 0.6 is 0 Å². The number of amides is 3. The fourth-order valence-corrected chi connectivity index (χ4v) is 5.29. The molecule has 1 saturated carbocycles. The normalized spacial score (nSPS) is 16.1. The minimum atomic E-state index is -0.294. The fraction of sp³-hybridized carbons (Fsp3) is 0.226. The van der Waals surface area contributed by atoms with Gasteiger partial charge in [-0.3, -0.25) is 9.69 Å². The zero-order chi connectivity index (χ0) is 25.5. The molecule has 6 nitrogen and oxygen atoms in total. The predicted octanol–water partition coefficient (Wildman–Crippen LogP) is 6.23. The van der Waals surface area contributed by atoms with Crippen LogP contribution in [0.2, 0.25) is 0 Å². The molecule has 6 rings (SSSR count). The standard InChI is InChI=1S/C31H30N4O2/c1-21-9-7-11-23(19-21)30-28-15-8-18-33(28)26-13-5-6-14-27(26)35(30)29(36)20-34(24-16-17-24)31(37)32-25-12-4-3-10-22(25)2/h3-15,18-19,24,30H,16-17,20H2,1-2H3,(H,32,37). The Morgan fingerprint density at radius 3 is 2.41 bits per heavy atom. The van der Waals surface area contributed by atoms with Crippen LogP contribution in [0.3, 0.4) is 0 Å². The van der Waals surface area contributed by atoms with E-state index < -0.39 is 0 Å². The molecule has 186 valence electrons. The number of aromatic nitrogens is 1. The number of benzene rings is 3. The van der Waals surface area contributed by atoms with Crippen LogP contribution in [0, 0.1) is 13.8 Å². The molecule has 0 saturated heterocycles. The maximum atomic E-state index is 14.2. The number of carbonyl (C=O) groups excluding carboxylic acids is 2. The molecular formula is C31H30N4O2. The van der Waals surface area contributed by atoms with Gasteiger partial charge < -0.3 is 14.8 Å². The Morgan fingerprint density at radius 1 is 0.892 bits per heavy atom. The van der Waals surface area contributed by atoms with Crippen molar-refractivity contribution in [2.75, 3.05) is 16.8 Å². The Morgan fingerprint density at radius 2 is 1.65 bits per heavy atom. The molecule has 0 bridgehead atoms. The molecule has 2 aliphatic rings. The van der Waals surface area contributed by atoms with Gasteiger partial charge in [0.05, 0.1) is 17.1 Å². The first-order valence-electron chi connectivity index (χ1n) is 12.8. The van der Waals surface area contributed by atoms with E-state index >= 15 is 0 Å². The molecular weight excluding hydrogens is 460 g/mol. The van der Waals surface area contributed by atoms with Gasteiger partial charge in [0.1, 0.15) is 12.6 Å². The van der Waals surface area contributed by atoms with Crippen molar-refractivity contribution in [1.29, 1.82) is 0 Å². The average molecular weight is 491 g/mol. The molecule has 4 aromatic rings. The van der Waals surface area contributed by atoms with Crippen LogP contribution in [0.15, 0.2) is 91.1 Å². The lowest BCUT2D eigenvalue weighted by atomic mass is 9.96. The molecule has 6 heteroatoms. The lowest BCUT2D eigenvalue weighted by Crippen LogP contribution is -2.48. The van der Waals surface area contributed by atoms with Crippen LogP contribution < -0.4 is 10.2 Å². The number of nitrogens with zero attached hydrogens (tertiary/aromatic N) is 3. The van der Waals surface area contributed by atoms with Gasteiger partial charge in [-0.15, -0.1) is 0 Å². The monoisotopic (exact) mass is 490 g/mol. The first kappa shape index (κ1) is 23.1. The second-order valence-corrected chi connectivity index (χ2v) is 9.98. The quantitative estimate of drug-likeness (QED) is 0.361. The van der Waals surface area contributed by atoms with Crippen molar-refractivity contribution in [3.63, 3.8) is 0 Å². The lowest BCUT2D eigenvalue weighted by molar-refractivity contribution is -0.119. The molecule has 37 heavy (non-hydrogen) atoms. The van der Waals surface area contributed by atoms with Gasteiger partial charge in [-0.2, -0.15) is 0 Å². The summed E-state index contributed by atoms with van der Waals surface area (Å²) in [6.07, 6.45) is 3.87. The van der Waals surface area contributed by atoms with E-state index in [1.807, 2.05) is 78.7 Å². The number of anilines is 2. The number of hydrogen-bond donors (Lipinski definition) is 1. The Hall–Kier alpha value is -4.32. The maximum Gasteiger partial charge on any atom is 0.322 e. The van der Waals surface area contributed by atoms with Crippen LogP contribution in [0.25, 0.3) is 5.69 Å². The molecule has 3 aromatic carbocycles. The van der Waals surface area contributed by atoms with Gasteiger partial charge in [0.25, 0.3) is 0 Å². The van der Waals surface area contributed by atoms with E-state index in [4.69, 9.17) is 0 Å². The zero-order valence-corrected chi connectivity index (χ0v) is 21.1. The van der Waals surface area contributed by atoms with Gasteiger partial charge in [0.15, 0.2) is 0 Å². The van der Waals surface area contributed by atoms with Crippen molar-refractivity contribution in [1.82, 2.24) is 9.47 Å². The van der Waals surface area contributed by atoms with Gasteiger partial charge in [0.2, 0.25) is 5.91 Å². The third-order valence-electron chi connectivity index (χ3n) is 7.29. The predicted molar refractivity (Wildman–Crippen MR) is 146 cm³/mol. The van der Waals surface area contributed by atoms with Crippen molar-refractivity contribution in [2.45, 2.75) is 38.8 Å². The Labute approximate surface area is 217 Å². The van der Waals surface area contributed by atoms with E-state index in [1.165, 1.54) is 0 Å². The molecule has 1 N–H and O–H groups in total. The van der Waals surface area contributed by atoms with Crippen molar-refractivity contribution >= 4 is 23.3 Å². The van der Waals surface area contributed by atoms with E-state index in [0.29, 0.717) is 0 Å². The SMILES string of the molecule is Cc1cccc(C2c3cccn3-c3ccccc3N2C(=O)CN(C(=O)Nc2ccccc2C)C2CC2)c1. The highest BCUT2D eigenvalue weighted by Crippen LogP contribution is 2.42. The first-order valence-corrected chi connectivity index (χ1v) is 12.8. The summed E-state index contributed by atoms with van der Waals surface area (Å²) >= 11 is 0. The molecule has 0 spiro atoms. The van der Waals surface area contributed by atoms with Gasteiger partial charge in [-0.1, -0.05) is 60.2 Å². The Bertz CT molecular complexity index is 1490. The summed E-state index contributed by atoms with van der Waals surface area (Å²) < 4.78 is 2.16. The number of fused-ring (bicyclic) bond motifs is 3. The van der Waals surface area contributed by atoms with Crippen molar-refractivity contribution in [2.24, 2.45) is 0 Å². The first-order chi connectivity index (χ1) is 18.0. The Kier molecular flexibility index (Phi) is 5.80. The molecule has 3 amide bonds. The van der Waals surface area contributed by atoms with Crippen molar-refractivity contribution in [3.8, 4) is 5.69 Å². The highest BCUT2D eigenvalue weighted by atomic mass is 16.2. The molecule has 1 aliphatic carbocycles. The summed E-state index contributed by atoms with van der Waals surface area (Å²) in [5.41, 5.74) is 6.77. The minimum Gasteiger partial charge on any atom is -0.316 e. The summed E-state index contributed by atoms with van der Waals surface area (Å²) in [6.45, 7) is 4.05. The Balaban J connectivity index is 1.37. The second-order valence-electron chi connectivity index (χ2n) is 9.98. The smallest absolute Gasteiger partial charge is 0.316 e. The fourth-order valence-electron chi connectivity index (χ4n) is 5.29. The number of aryl methyl sites for hydroxylation is 2. The molecule has 1 atom stereocenters. The number of carbonyl (C=O) groups is 2. The number of hydrogen-bond acceptors (Lipinski definition) is 2. The van der Waals surface area contributed by atoms with Crippen LogP contribution in [0.5, 0.6) is 0 Å². The molecule has 1 aliphatic heterocycles. The summed E-state index contributed by atoms with van der Waals surface area (Å²) in [6, 6.07) is 27.7. The average Bonchev–Trinajstić information content (AvgIpc) is 3.62. The summed E-state index contributed by atoms with van der Waals surface area (Å²) in [5.74, 6) is -0.0989. The van der Waals surface area contributed by atoms with Crippen LogP contribution in [-0.4, -0.2) is 34.0 Å². The lowest BCUT2D eigenvalue weighted by Gasteiger charge is -2.39. The van der Waals surface area contributed by atoms with E-state index in [0.717, 1.165) is 52.3 Å². The third-order valence-corrected chi connectivity index (χ3v) is 7.29. The van der Waals surface area contributed by atoms with Gasteiger partial charge in [-0.25, -0.2) is 4.79 Å². The largest absolute Gasteiger partial charge is 0.322 e. The molecule has 2 heterocycles. The van der Waals surface area contributed by atoms with E-state index in [1.54, 1.807) is 4.90 Å². The third kappa shape index (κ3) is 4.29. The second kappa shape index (κ2) is 9.28. The van der Waals surface area contributed by atoms with Crippen molar-refractivity contribution in [3.05, 3.63) is 114 Å². The van der Waals surface area contributed by atoms with E-state index in [9.17, 15) is 9.59 Å². The van der Waals surface area contributed by atoms with E-state index in [-0.39, 0.29) is 30.6 Å². The number of para-hydroxylation sites is 3. The zero-order valence-electron chi connectivity index (χ0n) is 21.1. The molecule has 0 radical (unpaired) electrons. The highest BCUT2D eigenvalue weighted by Gasteiger charge is 2.40. The van der Waals surface area contributed by atoms with Gasteiger partial charge in [0, 0.05) is 17.9 Å². The number of rotatable bonds is 5. The topological polar surface area (TPSA) is 57.6 Å². The van der Waals surface area contributed by atoms with Crippen LogP contribution in [-0.2, 0) is 4.79 Å². The summed E-state index contributed by atoms with van der Waals surface area (Å²) in [7, 11) is 0. The molecule has 1 fully saturated rings. The summed E-state index contributed by atoms with van der Waals surface area (Å²) in [4.78, 5) is 31.2. The molecule has 1 aromatic heterocycles.